The summed E-state index contributed by atoms with van der Waals surface area (Å²) in [6.45, 7) is 1.83. The summed E-state index contributed by atoms with van der Waals surface area (Å²) in [6, 6.07) is 7.07. The molecule has 0 saturated carbocycles. The van der Waals surface area contributed by atoms with Crippen LogP contribution >= 0.6 is 11.6 Å². The fraction of sp³-hybridized carbons (Fsp3) is 0.0833. The number of aromatic nitrogens is 2. The minimum Gasteiger partial charge on any atom is -0.368 e. The molecule has 0 spiro atoms. The molecule has 90 valence electrons. The lowest BCUT2D eigenvalue weighted by molar-refractivity contribution is 0.897. The van der Waals surface area contributed by atoms with Gasteiger partial charge in [-0.1, -0.05) is 17.7 Å². The number of aryl methyl sites for hydroxylation is 1. The van der Waals surface area contributed by atoms with Crippen molar-refractivity contribution in [1.82, 2.24) is 9.66 Å². The summed E-state index contributed by atoms with van der Waals surface area (Å²) in [7, 11) is 0. The lowest BCUT2D eigenvalue weighted by atomic mass is 10.2. The van der Waals surface area contributed by atoms with Crippen molar-refractivity contribution < 1.29 is 0 Å². The van der Waals surface area contributed by atoms with Gasteiger partial charge >= 0.3 is 0 Å². The van der Waals surface area contributed by atoms with Crippen molar-refractivity contribution in [2.24, 2.45) is 5.10 Å². The molecule has 0 aliphatic heterocycles. The van der Waals surface area contributed by atoms with Crippen molar-refractivity contribution in [3.8, 4) is 6.07 Å². The summed E-state index contributed by atoms with van der Waals surface area (Å²) >= 11 is 5.92. The van der Waals surface area contributed by atoms with Gasteiger partial charge in [0.2, 0.25) is 5.95 Å². The summed E-state index contributed by atoms with van der Waals surface area (Å²) in [5.41, 5.74) is 7.66. The molecule has 0 aliphatic carbocycles. The molecule has 0 aliphatic rings. The molecule has 0 unspecified atom stereocenters. The molecule has 0 saturated heterocycles. The molecule has 2 N–H and O–H groups in total. The molecule has 1 heterocycles. The number of rotatable bonds is 2. The number of benzene rings is 1. The van der Waals surface area contributed by atoms with Crippen molar-refractivity contribution in [1.29, 1.82) is 5.26 Å². The van der Waals surface area contributed by atoms with Crippen LogP contribution in [0.2, 0.25) is 5.02 Å². The van der Waals surface area contributed by atoms with Crippen LogP contribution in [-0.2, 0) is 0 Å². The van der Waals surface area contributed by atoms with Crippen LogP contribution in [0.15, 0.2) is 29.5 Å². The third-order valence-corrected chi connectivity index (χ3v) is 2.59. The first-order chi connectivity index (χ1) is 8.60. The summed E-state index contributed by atoms with van der Waals surface area (Å²) < 4.78 is 1.47. The molecule has 2 aromatic rings. The maximum atomic E-state index is 8.76. The first kappa shape index (κ1) is 12.1. The number of halogens is 1. The van der Waals surface area contributed by atoms with Crippen LogP contribution in [0.1, 0.15) is 16.8 Å². The first-order valence-electron chi connectivity index (χ1n) is 5.15. The molecule has 0 radical (unpaired) electrons. The Morgan fingerprint density at radius 1 is 1.56 bits per heavy atom. The Morgan fingerprint density at radius 3 is 2.89 bits per heavy atom. The highest BCUT2D eigenvalue weighted by Gasteiger charge is 2.01. The predicted octanol–water partition coefficient (Wildman–Crippen LogP) is 2.18. The normalized spacial score (nSPS) is 10.7. The van der Waals surface area contributed by atoms with Crippen LogP contribution in [0.5, 0.6) is 0 Å². The zero-order valence-electron chi connectivity index (χ0n) is 9.63. The third kappa shape index (κ3) is 2.50. The Labute approximate surface area is 109 Å². The Morgan fingerprint density at radius 2 is 2.33 bits per heavy atom. The molecule has 18 heavy (non-hydrogen) atoms. The molecule has 0 bridgehead atoms. The second-order valence-electron chi connectivity index (χ2n) is 3.68. The molecular weight excluding hydrogens is 250 g/mol. The summed E-state index contributed by atoms with van der Waals surface area (Å²) in [6.07, 6.45) is 3.32. The van der Waals surface area contributed by atoms with E-state index in [-0.39, 0.29) is 0 Å². The average molecular weight is 260 g/mol. The van der Waals surface area contributed by atoms with E-state index in [1.54, 1.807) is 30.6 Å². The van der Waals surface area contributed by atoms with Crippen molar-refractivity contribution in [3.05, 3.63) is 46.2 Å². The molecule has 6 heteroatoms. The van der Waals surface area contributed by atoms with Crippen LogP contribution in [0.3, 0.4) is 0 Å². The number of anilines is 1. The zero-order chi connectivity index (χ0) is 13.1. The highest BCUT2D eigenvalue weighted by Crippen LogP contribution is 2.16. The van der Waals surface area contributed by atoms with E-state index < -0.39 is 0 Å². The van der Waals surface area contributed by atoms with Gasteiger partial charge in [-0.2, -0.15) is 10.4 Å². The second-order valence-corrected chi connectivity index (χ2v) is 4.09. The molecular formula is C12H10ClN5. The SMILES string of the molecule is Cc1cn(N=Cc2ccc(C#N)c(Cl)c2)c(N)n1. The molecule has 1 aromatic heterocycles. The van der Waals surface area contributed by atoms with Gasteiger partial charge in [0.15, 0.2) is 0 Å². The molecule has 1 aromatic carbocycles. The highest BCUT2D eigenvalue weighted by molar-refractivity contribution is 6.32. The Bertz CT molecular complexity index is 651. The highest BCUT2D eigenvalue weighted by atomic mass is 35.5. The Hall–Kier alpha value is -2.32. The van der Waals surface area contributed by atoms with Crippen molar-refractivity contribution >= 4 is 23.8 Å². The van der Waals surface area contributed by atoms with Gasteiger partial charge in [0, 0.05) is 0 Å². The largest absolute Gasteiger partial charge is 0.368 e. The van der Waals surface area contributed by atoms with Crippen LogP contribution in [-0.4, -0.2) is 15.9 Å². The number of nitriles is 1. The van der Waals surface area contributed by atoms with Crippen LogP contribution < -0.4 is 5.73 Å². The van der Waals surface area contributed by atoms with Crippen LogP contribution in [0, 0.1) is 18.3 Å². The van der Waals surface area contributed by atoms with E-state index in [9.17, 15) is 0 Å². The third-order valence-electron chi connectivity index (χ3n) is 2.28. The van der Waals surface area contributed by atoms with E-state index in [0.29, 0.717) is 16.5 Å². The number of hydrogen-bond donors (Lipinski definition) is 1. The van der Waals surface area contributed by atoms with Crippen molar-refractivity contribution in [2.75, 3.05) is 5.73 Å². The summed E-state index contributed by atoms with van der Waals surface area (Å²) in [5.74, 6) is 0.323. The zero-order valence-corrected chi connectivity index (χ0v) is 10.4. The van der Waals surface area contributed by atoms with E-state index in [2.05, 4.69) is 10.1 Å². The van der Waals surface area contributed by atoms with E-state index in [4.69, 9.17) is 22.6 Å². The number of nitrogen functional groups attached to an aromatic ring is 1. The van der Waals surface area contributed by atoms with Gasteiger partial charge in [-0.05, 0) is 24.6 Å². The molecule has 0 amide bonds. The Balaban J connectivity index is 2.27. The average Bonchev–Trinajstić information content (AvgIpc) is 2.65. The fourth-order valence-corrected chi connectivity index (χ4v) is 1.66. The number of nitrogens with two attached hydrogens (primary N) is 1. The predicted molar refractivity (Wildman–Crippen MR) is 70.5 cm³/mol. The quantitative estimate of drug-likeness (QED) is 0.840. The van der Waals surface area contributed by atoms with E-state index in [1.165, 1.54) is 4.68 Å². The summed E-state index contributed by atoms with van der Waals surface area (Å²) in [4.78, 5) is 4.03. The second kappa shape index (κ2) is 4.90. The Kier molecular flexibility index (Phi) is 3.31. The minimum atomic E-state index is 0.323. The smallest absolute Gasteiger partial charge is 0.221 e. The standard InChI is InChI=1S/C12H10ClN5/c1-8-7-18(12(15)17-8)16-6-9-2-3-10(5-14)11(13)4-9/h2-4,6-7H,1H3,(H2,15,17). The van der Waals surface area contributed by atoms with Crippen molar-refractivity contribution in [3.63, 3.8) is 0 Å². The lowest BCUT2D eigenvalue weighted by Crippen LogP contribution is -1.97. The first-order valence-corrected chi connectivity index (χ1v) is 5.53. The maximum absolute atomic E-state index is 8.76. The van der Waals surface area contributed by atoms with E-state index in [1.807, 2.05) is 13.0 Å². The van der Waals surface area contributed by atoms with Gasteiger partial charge in [-0.25, -0.2) is 9.66 Å². The van der Waals surface area contributed by atoms with Gasteiger partial charge in [0.05, 0.1) is 28.7 Å². The molecule has 5 nitrogen and oxygen atoms in total. The van der Waals surface area contributed by atoms with Crippen molar-refractivity contribution in [2.45, 2.75) is 6.92 Å². The summed E-state index contributed by atoms with van der Waals surface area (Å²) in [5, 5.41) is 13.3. The van der Waals surface area contributed by atoms with Gasteiger partial charge in [-0.3, -0.25) is 0 Å². The van der Waals surface area contributed by atoms with Gasteiger partial charge in [-0.15, -0.1) is 0 Å². The lowest BCUT2D eigenvalue weighted by Gasteiger charge is -1.98. The van der Waals surface area contributed by atoms with Gasteiger partial charge in [0.25, 0.3) is 0 Å². The topological polar surface area (TPSA) is 80.0 Å². The minimum absolute atomic E-state index is 0.323. The van der Waals surface area contributed by atoms with Gasteiger partial charge in [0.1, 0.15) is 6.07 Å². The van der Waals surface area contributed by atoms with Crippen LogP contribution in [0.4, 0.5) is 5.95 Å². The van der Waals surface area contributed by atoms with E-state index in [0.717, 1.165) is 11.3 Å². The fourth-order valence-electron chi connectivity index (χ4n) is 1.43. The molecule has 2 rings (SSSR count). The van der Waals surface area contributed by atoms with Crippen LogP contribution in [0.25, 0.3) is 0 Å². The monoisotopic (exact) mass is 259 g/mol. The number of hydrogen-bond acceptors (Lipinski definition) is 4. The van der Waals surface area contributed by atoms with E-state index >= 15 is 0 Å². The molecule has 0 atom stereocenters. The maximum Gasteiger partial charge on any atom is 0.221 e. The molecule has 0 fully saturated rings. The number of nitrogens with zero attached hydrogens (tertiary/aromatic N) is 4. The van der Waals surface area contributed by atoms with Gasteiger partial charge < -0.3 is 5.73 Å². The number of imidazole rings is 1.